The van der Waals surface area contributed by atoms with Crippen LogP contribution < -0.4 is 21.9 Å². The van der Waals surface area contributed by atoms with Gasteiger partial charge in [0.15, 0.2) is 0 Å². The molecule has 0 radical (unpaired) electrons. The summed E-state index contributed by atoms with van der Waals surface area (Å²) in [5.41, 5.74) is 9.88. The Morgan fingerprint density at radius 2 is 1.76 bits per heavy atom. The fourth-order valence-corrected chi connectivity index (χ4v) is 6.82. The molecular weight excluding hydrogens is 592 g/mol. The SMILES string of the molecule is Cc1ccc(S(=O)(=O)N(C)C)cc1-c1cccc(CC(NC(=O)C2CCC(CN)CC2)C(=O)Nc2ccc3c(=O)[nH][nH]c3c2)c1. The lowest BCUT2D eigenvalue weighted by molar-refractivity contribution is -0.130. The van der Waals surface area contributed by atoms with Crippen LogP contribution >= 0.6 is 0 Å². The van der Waals surface area contributed by atoms with Crippen LogP contribution in [0.1, 0.15) is 36.8 Å². The number of nitrogens with one attached hydrogen (secondary N) is 4. The molecule has 1 aliphatic carbocycles. The standard InChI is InChI=1S/C33H40N6O5S/c1-20-7-13-26(45(43,44)39(2)3)18-28(20)24-6-4-5-22(15-24)16-30(36-31(40)23-10-8-21(19-34)9-11-23)33(42)35-25-12-14-27-29(17-25)37-38-32(27)41/h4-7,12-15,17-18,21,23,30H,8-11,16,19,34H2,1-3H3,(H,35,42)(H,36,40)(H2,37,38,41). The van der Waals surface area contributed by atoms with Gasteiger partial charge in [-0.25, -0.2) is 12.7 Å². The summed E-state index contributed by atoms with van der Waals surface area (Å²) in [6.07, 6.45) is 3.41. The van der Waals surface area contributed by atoms with E-state index in [1.807, 2.05) is 31.2 Å². The summed E-state index contributed by atoms with van der Waals surface area (Å²) in [7, 11) is -0.643. The molecule has 5 rings (SSSR count). The Bertz CT molecular complexity index is 1870. The van der Waals surface area contributed by atoms with Crippen molar-refractivity contribution in [2.45, 2.75) is 50.0 Å². The number of amides is 2. The summed E-state index contributed by atoms with van der Waals surface area (Å²) in [6.45, 7) is 2.52. The van der Waals surface area contributed by atoms with E-state index in [4.69, 9.17) is 5.73 Å². The van der Waals surface area contributed by atoms with Crippen LogP contribution in [0.3, 0.4) is 0 Å². The minimum absolute atomic E-state index is 0.162. The molecule has 1 saturated carbocycles. The normalized spacial score (nSPS) is 17.7. The molecule has 12 heteroatoms. The third-order valence-electron chi connectivity index (χ3n) is 8.69. The first-order chi connectivity index (χ1) is 21.5. The highest BCUT2D eigenvalue weighted by Gasteiger charge is 2.29. The summed E-state index contributed by atoms with van der Waals surface area (Å²) in [6, 6.07) is 16.6. The van der Waals surface area contributed by atoms with Crippen molar-refractivity contribution >= 4 is 38.4 Å². The summed E-state index contributed by atoms with van der Waals surface area (Å²) in [5.74, 6) is -0.332. The third kappa shape index (κ3) is 7.19. The summed E-state index contributed by atoms with van der Waals surface area (Å²) in [5, 5.41) is 11.7. The first kappa shape index (κ1) is 32.1. The molecule has 1 atom stereocenters. The quantitative estimate of drug-likeness (QED) is 0.179. The van der Waals surface area contributed by atoms with Crippen molar-refractivity contribution in [3.8, 4) is 11.1 Å². The lowest BCUT2D eigenvalue weighted by atomic mass is 9.81. The summed E-state index contributed by atoms with van der Waals surface area (Å²) >= 11 is 0. The van der Waals surface area contributed by atoms with E-state index >= 15 is 0 Å². The van der Waals surface area contributed by atoms with Crippen LogP contribution in [0.5, 0.6) is 0 Å². The molecule has 2 amide bonds. The van der Waals surface area contributed by atoms with E-state index in [1.54, 1.807) is 36.4 Å². The monoisotopic (exact) mass is 632 g/mol. The van der Waals surface area contributed by atoms with E-state index in [-0.39, 0.29) is 28.7 Å². The Labute approximate surface area is 262 Å². The van der Waals surface area contributed by atoms with Gasteiger partial charge in [-0.2, -0.15) is 0 Å². The first-order valence-corrected chi connectivity index (χ1v) is 16.5. The number of benzene rings is 3. The zero-order valence-corrected chi connectivity index (χ0v) is 26.5. The van der Waals surface area contributed by atoms with Gasteiger partial charge in [-0.3, -0.25) is 24.6 Å². The maximum Gasteiger partial charge on any atom is 0.271 e. The fourth-order valence-electron chi connectivity index (χ4n) is 5.89. The van der Waals surface area contributed by atoms with Crippen LogP contribution in [0, 0.1) is 18.8 Å². The van der Waals surface area contributed by atoms with Crippen LogP contribution in [-0.2, 0) is 26.0 Å². The van der Waals surface area contributed by atoms with Gasteiger partial charge in [0.1, 0.15) is 6.04 Å². The van der Waals surface area contributed by atoms with E-state index in [0.29, 0.717) is 29.1 Å². The van der Waals surface area contributed by atoms with Crippen LogP contribution in [0.4, 0.5) is 5.69 Å². The number of sulfonamides is 1. The van der Waals surface area contributed by atoms with E-state index in [1.165, 1.54) is 18.4 Å². The number of anilines is 1. The number of hydrogen-bond donors (Lipinski definition) is 5. The second-order valence-corrected chi connectivity index (χ2v) is 14.2. The fraction of sp³-hybridized carbons (Fsp3) is 0.364. The number of aromatic nitrogens is 2. The highest BCUT2D eigenvalue weighted by atomic mass is 32.2. The van der Waals surface area contributed by atoms with E-state index in [0.717, 1.165) is 47.9 Å². The Balaban J connectivity index is 1.41. The number of fused-ring (bicyclic) bond motifs is 1. The topological polar surface area (TPSA) is 170 Å². The summed E-state index contributed by atoms with van der Waals surface area (Å²) in [4.78, 5) is 39.2. The van der Waals surface area contributed by atoms with Crippen molar-refractivity contribution < 1.29 is 18.0 Å². The van der Waals surface area contributed by atoms with Crippen LogP contribution in [0.25, 0.3) is 22.0 Å². The smallest absolute Gasteiger partial charge is 0.271 e. The molecule has 1 fully saturated rings. The van der Waals surface area contributed by atoms with Gasteiger partial charge in [0.25, 0.3) is 5.56 Å². The number of aromatic amines is 2. The number of hydrogen-bond acceptors (Lipinski definition) is 6. The number of nitrogens with zero attached hydrogens (tertiary/aromatic N) is 1. The second-order valence-electron chi connectivity index (χ2n) is 12.0. The molecule has 45 heavy (non-hydrogen) atoms. The second kappa shape index (κ2) is 13.4. The van der Waals surface area contributed by atoms with Gasteiger partial charge in [0, 0.05) is 32.1 Å². The Kier molecular flexibility index (Phi) is 9.56. The lowest BCUT2D eigenvalue weighted by Crippen LogP contribution is -2.48. The Morgan fingerprint density at radius 3 is 2.47 bits per heavy atom. The maximum absolute atomic E-state index is 13.7. The van der Waals surface area contributed by atoms with Gasteiger partial charge in [-0.1, -0.05) is 30.3 Å². The van der Waals surface area contributed by atoms with Crippen molar-refractivity contribution in [2.24, 2.45) is 17.6 Å². The number of nitrogens with two attached hydrogens (primary N) is 1. The third-order valence-corrected chi connectivity index (χ3v) is 10.5. The predicted octanol–water partition coefficient (Wildman–Crippen LogP) is 3.51. The highest BCUT2D eigenvalue weighted by Crippen LogP contribution is 2.30. The van der Waals surface area contributed by atoms with Gasteiger partial charge in [0.2, 0.25) is 21.8 Å². The number of aryl methyl sites for hydroxylation is 1. The molecule has 11 nitrogen and oxygen atoms in total. The molecule has 1 heterocycles. The zero-order valence-electron chi connectivity index (χ0n) is 25.7. The maximum atomic E-state index is 13.7. The van der Waals surface area contributed by atoms with Crippen LogP contribution in [-0.4, -0.2) is 61.4 Å². The van der Waals surface area contributed by atoms with Crippen molar-refractivity contribution in [3.63, 3.8) is 0 Å². The van der Waals surface area contributed by atoms with Gasteiger partial charge in [-0.15, -0.1) is 0 Å². The Morgan fingerprint density at radius 1 is 1.00 bits per heavy atom. The van der Waals surface area contributed by atoms with Gasteiger partial charge < -0.3 is 16.4 Å². The van der Waals surface area contributed by atoms with E-state index < -0.39 is 22.0 Å². The van der Waals surface area contributed by atoms with Crippen molar-refractivity contribution in [1.82, 2.24) is 19.8 Å². The molecule has 0 saturated heterocycles. The zero-order chi connectivity index (χ0) is 32.3. The number of carbonyl (C=O) groups excluding carboxylic acids is 2. The summed E-state index contributed by atoms with van der Waals surface area (Å²) < 4.78 is 26.8. The minimum atomic E-state index is -3.63. The molecule has 1 unspecified atom stereocenters. The molecule has 6 N–H and O–H groups in total. The molecule has 4 aromatic rings. The molecule has 238 valence electrons. The van der Waals surface area contributed by atoms with Crippen molar-refractivity contribution in [1.29, 1.82) is 0 Å². The average molecular weight is 633 g/mol. The molecule has 0 aliphatic heterocycles. The van der Waals surface area contributed by atoms with E-state index in [2.05, 4.69) is 20.8 Å². The van der Waals surface area contributed by atoms with Crippen LogP contribution in [0.15, 0.2) is 70.4 Å². The number of carbonyl (C=O) groups is 2. The van der Waals surface area contributed by atoms with Crippen molar-refractivity contribution in [2.75, 3.05) is 26.0 Å². The van der Waals surface area contributed by atoms with Gasteiger partial charge >= 0.3 is 0 Å². The lowest BCUT2D eigenvalue weighted by Gasteiger charge is -2.28. The molecule has 1 aromatic heterocycles. The number of rotatable bonds is 10. The highest BCUT2D eigenvalue weighted by molar-refractivity contribution is 7.89. The first-order valence-electron chi connectivity index (χ1n) is 15.1. The van der Waals surface area contributed by atoms with Gasteiger partial charge in [0.05, 0.1) is 15.8 Å². The van der Waals surface area contributed by atoms with E-state index in [9.17, 15) is 22.8 Å². The predicted molar refractivity (Wildman–Crippen MR) is 175 cm³/mol. The van der Waals surface area contributed by atoms with Crippen LogP contribution in [0.2, 0.25) is 0 Å². The molecule has 1 aliphatic rings. The molecule has 0 bridgehead atoms. The molecule has 3 aromatic carbocycles. The average Bonchev–Trinajstić information content (AvgIpc) is 3.40. The largest absolute Gasteiger partial charge is 0.344 e. The number of H-pyrrole nitrogens is 2. The van der Waals surface area contributed by atoms with Gasteiger partial charge in [-0.05, 0) is 97.7 Å². The Hall–Kier alpha value is -4.26. The van der Waals surface area contributed by atoms with Crippen molar-refractivity contribution in [3.05, 3.63) is 82.1 Å². The molecular formula is C33H40N6O5S. The minimum Gasteiger partial charge on any atom is -0.344 e. The molecule has 0 spiro atoms.